The van der Waals surface area contributed by atoms with Crippen molar-refractivity contribution >= 4 is 38.3 Å². The van der Waals surface area contributed by atoms with E-state index >= 15 is 0 Å². The van der Waals surface area contributed by atoms with Crippen LogP contribution in [0.15, 0.2) is 59.1 Å². The van der Waals surface area contributed by atoms with E-state index in [0.29, 0.717) is 5.75 Å². The number of amides is 1. The number of hydrogen-bond donors (Lipinski definition) is 1. The van der Waals surface area contributed by atoms with E-state index in [9.17, 15) is 4.79 Å². The zero-order chi connectivity index (χ0) is 17.1. The molecule has 0 spiro atoms. The van der Waals surface area contributed by atoms with Gasteiger partial charge in [0.2, 0.25) is 0 Å². The summed E-state index contributed by atoms with van der Waals surface area (Å²) < 4.78 is 6.54. The number of ether oxygens (including phenoxy) is 1. The number of carbonyl (C=O) groups excluding carboxylic acids is 1. The minimum atomic E-state index is -0.181. The molecule has 0 aliphatic rings. The van der Waals surface area contributed by atoms with Crippen LogP contribution in [-0.2, 0) is 4.79 Å². The predicted molar refractivity (Wildman–Crippen MR) is 102 cm³/mol. The molecule has 3 nitrogen and oxygen atoms in total. The van der Waals surface area contributed by atoms with Gasteiger partial charge in [-0.15, -0.1) is 0 Å². The zero-order valence-electron chi connectivity index (χ0n) is 13.6. The topological polar surface area (TPSA) is 38.3 Å². The van der Waals surface area contributed by atoms with Crippen LogP contribution < -0.4 is 10.1 Å². The summed E-state index contributed by atoms with van der Waals surface area (Å²) in [5.41, 5.74) is 3.02. The Morgan fingerprint density at radius 2 is 1.75 bits per heavy atom. The number of carbonyl (C=O) groups is 1. The Kier molecular flexibility index (Phi) is 4.86. The van der Waals surface area contributed by atoms with Crippen LogP contribution in [0.1, 0.15) is 11.1 Å². The third-order valence-corrected chi connectivity index (χ3v) is 4.51. The molecule has 0 fully saturated rings. The van der Waals surface area contributed by atoms with Crippen LogP contribution in [0, 0.1) is 13.8 Å². The van der Waals surface area contributed by atoms with Gasteiger partial charge in [0.05, 0.1) is 4.47 Å². The summed E-state index contributed by atoms with van der Waals surface area (Å²) in [7, 11) is 0. The maximum Gasteiger partial charge on any atom is 0.262 e. The van der Waals surface area contributed by atoms with Crippen molar-refractivity contribution in [2.24, 2.45) is 0 Å². The highest BCUT2D eigenvalue weighted by molar-refractivity contribution is 9.10. The standard InChI is InChI=1S/C20H18BrNO2/c1-13-9-14(2)11-16(10-13)22-19(23)12-24-18-8-7-15-5-3-4-6-17(15)20(18)21/h3-11H,12H2,1-2H3,(H,22,23). The van der Waals surface area contributed by atoms with Gasteiger partial charge in [-0.1, -0.05) is 36.4 Å². The molecule has 0 atom stereocenters. The Morgan fingerprint density at radius 1 is 1.04 bits per heavy atom. The fourth-order valence-corrected chi connectivity index (χ4v) is 3.32. The number of nitrogens with one attached hydrogen (secondary N) is 1. The van der Waals surface area contributed by atoms with Gasteiger partial charge in [-0.3, -0.25) is 4.79 Å². The van der Waals surface area contributed by atoms with Crippen molar-refractivity contribution in [3.63, 3.8) is 0 Å². The van der Waals surface area contributed by atoms with Crippen LogP contribution in [0.4, 0.5) is 5.69 Å². The maximum absolute atomic E-state index is 12.1. The zero-order valence-corrected chi connectivity index (χ0v) is 15.2. The fraction of sp³-hybridized carbons (Fsp3) is 0.150. The monoisotopic (exact) mass is 383 g/mol. The molecule has 0 aliphatic heterocycles. The van der Waals surface area contributed by atoms with Crippen molar-refractivity contribution in [3.05, 3.63) is 70.2 Å². The number of hydrogen-bond acceptors (Lipinski definition) is 2. The molecule has 1 N–H and O–H groups in total. The van der Waals surface area contributed by atoms with Gasteiger partial charge in [-0.25, -0.2) is 0 Å². The van der Waals surface area contributed by atoms with Gasteiger partial charge in [-0.2, -0.15) is 0 Å². The van der Waals surface area contributed by atoms with Gasteiger partial charge in [-0.05, 0) is 69.9 Å². The summed E-state index contributed by atoms with van der Waals surface area (Å²) in [5.74, 6) is 0.476. The van der Waals surface area contributed by atoms with Crippen LogP contribution in [0.5, 0.6) is 5.75 Å². The second-order valence-corrected chi connectivity index (χ2v) is 6.61. The highest BCUT2D eigenvalue weighted by Gasteiger charge is 2.09. The Bertz CT molecular complexity index is 885. The first-order valence-electron chi connectivity index (χ1n) is 7.71. The smallest absolute Gasteiger partial charge is 0.262 e. The van der Waals surface area contributed by atoms with Crippen LogP contribution >= 0.6 is 15.9 Å². The van der Waals surface area contributed by atoms with Crippen molar-refractivity contribution in [3.8, 4) is 5.75 Å². The molecular weight excluding hydrogens is 366 g/mol. The van der Waals surface area contributed by atoms with E-state index in [1.165, 1.54) is 0 Å². The Hall–Kier alpha value is -2.33. The molecule has 24 heavy (non-hydrogen) atoms. The SMILES string of the molecule is Cc1cc(C)cc(NC(=O)COc2ccc3ccccc3c2Br)c1. The van der Waals surface area contributed by atoms with Gasteiger partial charge < -0.3 is 10.1 Å². The first-order valence-corrected chi connectivity index (χ1v) is 8.50. The second-order valence-electron chi connectivity index (χ2n) is 5.81. The molecule has 4 heteroatoms. The first kappa shape index (κ1) is 16.5. The molecule has 0 radical (unpaired) electrons. The van der Waals surface area contributed by atoms with Crippen molar-refractivity contribution in [1.82, 2.24) is 0 Å². The number of aryl methyl sites for hydroxylation is 2. The highest BCUT2D eigenvalue weighted by atomic mass is 79.9. The molecule has 0 aromatic heterocycles. The molecule has 3 aromatic rings. The van der Waals surface area contributed by atoms with E-state index < -0.39 is 0 Å². The van der Waals surface area contributed by atoms with Crippen molar-refractivity contribution in [1.29, 1.82) is 0 Å². The summed E-state index contributed by atoms with van der Waals surface area (Å²) in [4.78, 5) is 12.1. The average molecular weight is 384 g/mol. The Balaban J connectivity index is 1.69. The quantitative estimate of drug-likeness (QED) is 0.668. The van der Waals surface area contributed by atoms with Crippen LogP contribution in [-0.4, -0.2) is 12.5 Å². The molecule has 0 aliphatic carbocycles. The largest absolute Gasteiger partial charge is 0.483 e. The fourth-order valence-electron chi connectivity index (χ4n) is 2.71. The summed E-state index contributed by atoms with van der Waals surface area (Å²) in [6.45, 7) is 3.97. The summed E-state index contributed by atoms with van der Waals surface area (Å²) in [6, 6.07) is 17.8. The molecular formula is C20H18BrNO2. The van der Waals surface area contributed by atoms with Crippen LogP contribution in [0.2, 0.25) is 0 Å². The van der Waals surface area contributed by atoms with Crippen molar-refractivity contribution in [2.45, 2.75) is 13.8 Å². The molecule has 3 rings (SSSR count). The van der Waals surface area contributed by atoms with Gasteiger partial charge >= 0.3 is 0 Å². The lowest BCUT2D eigenvalue weighted by molar-refractivity contribution is -0.118. The van der Waals surface area contributed by atoms with Gasteiger partial charge in [0, 0.05) is 5.69 Å². The van der Waals surface area contributed by atoms with Gasteiger partial charge in [0.1, 0.15) is 5.75 Å². The second kappa shape index (κ2) is 7.05. The molecule has 0 unspecified atom stereocenters. The molecule has 0 bridgehead atoms. The van der Waals surface area contributed by atoms with Crippen molar-refractivity contribution < 1.29 is 9.53 Å². The minimum Gasteiger partial charge on any atom is -0.483 e. The molecule has 1 amide bonds. The number of rotatable bonds is 4. The number of benzene rings is 3. The lowest BCUT2D eigenvalue weighted by Gasteiger charge is -2.11. The molecule has 3 aromatic carbocycles. The molecule has 0 heterocycles. The highest BCUT2D eigenvalue weighted by Crippen LogP contribution is 2.33. The average Bonchev–Trinajstić information content (AvgIpc) is 2.53. The Labute approximate surface area is 149 Å². The van der Waals surface area contributed by atoms with E-state index in [1.54, 1.807) is 0 Å². The van der Waals surface area contributed by atoms with E-state index in [2.05, 4.69) is 27.3 Å². The third kappa shape index (κ3) is 3.77. The van der Waals surface area contributed by atoms with E-state index in [4.69, 9.17) is 4.74 Å². The van der Waals surface area contributed by atoms with Gasteiger partial charge in [0.25, 0.3) is 5.91 Å². The summed E-state index contributed by atoms with van der Waals surface area (Å²) in [5, 5.41) is 5.05. The van der Waals surface area contributed by atoms with Gasteiger partial charge in [0.15, 0.2) is 6.61 Å². The number of halogens is 1. The lowest BCUT2D eigenvalue weighted by Crippen LogP contribution is -2.20. The summed E-state index contributed by atoms with van der Waals surface area (Å²) >= 11 is 3.56. The number of anilines is 1. The molecule has 0 saturated carbocycles. The molecule has 0 saturated heterocycles. The van der Waals surface area contributed by atoms with E-state index in [1.807, 2.05) is 62.4 Å². The first-order chi connectivity index (χ1) is 11.5. The van der Waals surface area contributed by atoms with E-state index in [-0.39, 0.29) is 12.5 Å². The lowest BCUT2D eigenvalue weighted by atomic mass is 10.1. The predicted octanol–water partition coefficient (Wildman–Crippen LogP) is 5.24. The Morgan fingerprint density at radius 3 is 2.50 bits per heavy atom. The van der Waals surface area contributed by atoms with Crippen LogP contribution in [0.3, 0.4) is 0 Å². The molecule has 122 valence electrons. The summed E-state index contributed by atoms with van der Waals surface area (Å²) in [6.07, 6.45) is 0. The van der Waals surface area contributed by atoms with Crippen LogP contribution in [0.25, 0.3) is 10.8 Å². The maximum atomic E-state index is 12.1. The number of fused-ring (bicyclic) bond motifs is 1. The minimum absolute atomic E-state index is 0.0378. The normalized spacial score (nSPS) is 10.6. The van der Waals surface area contributed by atoms with E-state index in [0.717, 1.165) is 32.1 Å². The van der Waals surface area contributed by atoms with Crippen molar-refractivity contribution in [2.75, 3.05) is 11.9 Å². The third-order valence-electron chi connectivity index (χ3n) is 3.69.